The van der Waals surface area contributed by atoms with E-state index in [1.165, 1.54) is 0 Å². The van der Waals surface area contributed by atoms with Gasteiger partial charge in [0.25, 0.3) is 5.91 Å². The topological polar surface area (TPSA) is 84.5 Å². The second-order valence-electron chi connectivity index (χ2n) is 5.42. The number of benzene rings is 1. The first-order valence-electron chi connectivity index (χ1n) is 7.50. The Morgan fingerprint density at radius 1 is 1.13 bits per heavy atom. The van der Waals surface area contributed by atoms with Gasteiger partial charge < -0.3 is 15.4 Å². The van der Waals surface area contributed by atoms with Gasteiger partial charge in [0.05, 0.1) is 6.61 Å². The van der Waals surface area contributed by atoms with Crippen molar-refractivity contribution in [1.82, 2.24) is 10.6 Å². The molecule has 0 heterocycles. The molecule has 0 aliphatic heterocycles. The average molecular weight is 383 g/mol. The lowest BCUT2D eigenvalue weighted by molar-refractivity contribution is -0.144. The molecular formula is C16H19BrN2O4. The van der Waals surface area contributed by atoms with Crippen molar-refractivity contribution in [1.29, 1.82) is 0 Å². The number of hydrogen-bond donors (Lipinski definition) is 2. The average Bonchev–Trinajstić information content (AvgIpc) is 3.36. The van der Waals surface area contributed by atoms with Crippen molar-refractivity contribution in [3.8, 4) is 0 Å². The van der Waals surface area contributed by atoms with Crippen LogP contribution in [0.1, 0.15) is 29.6 Å². The largest absolute Gasteiger partial charge is 0.464 e. The smallest absolute Gasteiger partial charge is 0.325 e. The van der Waals surface area contributed by atoms with E-state index in [2.05, 4.69) is 26.6 Å². The number of ether oxygens (including phenoxy) is 1. The van der Waals surface area contributed by atoms with Gasteiger partial charge >= 0.3 is 5.97 Å². The Labute approximate surface area is 143 Å². The van der Waals surface area contributed by atoms with E-state index in [0.717, 1.165) is 17.3 Å². The zero-order valence-corrected chi connectivity index (χ0v) is 14.2. The van der Waals surface area contributed by atoms with Gasteiger partial charge in [-0.15, -0.1) is 0 Å². The molecule has 0 radical (unpaired) electrons. The molecule has 1 aliphatic rings. The van der Waals surface area contributed by atoms with Crippen LogP contribution in [0.15, 0.2) is 28.7 Å². The molecule has 0 spiro atoms. The third-order valence-corrected chi connectivity index (χ3v) is 3.88. The first-order valence-corrected chi connectivity index (χ1v) is 8.30. The lowest BCUT2D eigenvalue weighted by atomic mass is 10.2. The number of rotatable bonds is 8. The predicted molar refractivity (Wildman–Crippen MR) is 87.8 cm³/mol. The Bertz CT molecular complexity index is 570. The number of halogens is 1. The molecule has 0 saturated heterocycles. The van der Waals surface area contributed by atoms with Crippen LogP contribution in [0.5, 0.6) is 0 Å². The number of carbonyl (C=O) groups is 3. The Morgan fingerprint density at radius 2 is 1.83 bits per heavy atom. The fraction of sp³-hybridized carbons (Fsp3) is 0.438. The molecule has 1 aromatic carbocycles. The monoisotopic (exact) mass is 382 g/mol. The van der Waals surface area contributed by atoms with Crippen molar-refractivity contribution in [2.75, 3.05) is 19.7 Å². The van der Waals surface area contributed by atoms with Crippen LogP contribution in [0.25, 0.3) is 0 Å². The maximum absolute atomic E-state index is 11.8. The number of esters is 1. The minimum Gasteiger partial charge on any atom is -0.464 e. The van der Waals surface area contributed by atoms with E-state index in [-0.39, 0.29) is 31.3 Å². The number of carbonyl (C=O) groups excluding carboxylic acids is 3. The van der Waals surface area contributed by atoms with Crippen molar-refractivity contribution in [3.63, 3.8) is 0 Å². The summed E-state index contributed by atoms with van der Waals surface area (Å²) in [6, 6.07) is 6.93. The maximum atomic E-state index is 11.8. The molecule has 124 valence electrons. The van der Waals surface area contributed by atoms with Gasteiger partial charge in [0.1, 0.15) is 6.54 Å². The van der Waals surface area contributed by atoms with E-state index < -0.39 is 5.97 Å². The van der Waals surface area contributed by atoms with Gasteiger partial charge in [-0.05, 0) is 43.0 Å². The highest BCUT2D eigenvalue weighted by Gasteiger charge is 2.23. The lowest BCUT2D eigenvalue weighted by Crippen LogP contribution is -2.34. The molecule has 6 nitrogen and oxygen atoms in total. The van der Waals surface area contributed by atoms with Gasteiger partial charge in [0, 0.05) is 23.0 Å². The summed E-state index contributed by atoms with van der Waals surface area (Å²) in [4.78, 5) is 34.8. The quantitative estimate of drug-likeness (QED) is 0.669. The first kappa shape index (κ1) is 17.5. The Balaban J connectivity index is 1.57. The molecular weight excluding hydrogens is 364 g/mol. The zero-order valence-electron chi connectivity index (χ0n) is 12.6. The van der Waals surface area contributed by atoms with Crippen LogP contribution >= 0.6 is 15.9 Å². The minimum atomic E-state index is -0.427. The summed E-state index contributed by atoms with van der Waals surface area (Å²) in [5.74, 6) is -0.466. The summed E-state index contributed by atoms with van der Waals surface area (Å²) in [7, 11) is 0. The van der Waals surface area contributed by atoms with Crippen LogP contribution in [0.3, 0.4) is 0 Å². The highest BCUT2D eigenvalue weighted by Crippen LogP contribution is 2.28. The second kappa shape index (κ2) is 8.67. The van der Waals surface area contributed by atoms with Crippen molar-refractivity contribution in [2.45, 2.75) is 19.3 Å². The van der Waals surface area contributed by atoms with Crippen LogP contribution in [0.2, 0.25) is 0 Å². The summed E-state index contributed by atoms with van der Waals surface area (Å²) in [6.45, 7) is 0.516. The number of amides is 2. The lowest BCUT2D eigenvalue weighted by Gasteiger charge is -2.07. The molecule has 1 aliphatic carbocycles. The SMILES string of the molecule is O=C(CCNC(=O)c1ccc(Br)cc1)NCC(=O)OCC1CC1. The van der Waals surface area contributed by atoms with Crippen LogP contribution in [0.4, 0.5) is 0 Å². The van der Waals surface area contributed by atoms with Gasteiger partial charge in [0.15, 0.2) is 0 Å². The van der Waals surface area contributed by atoms with Crippen LogP contribution in [0, 0.1) is 5.92 Å². The molecule has 0 unspecified atom stereocenters. The Hall–Kier alpha value is -1.89. The highest BCUT2D eigenvalue weighted by molar-refractivity contribution is 9.10. The van der Waals surface area contributed by atoms with Crippen LogP contribution in [-0.4, -0.2) is 37.5 Å². The minimum absolute atomic E-state index is 0.109. The van der Waals surface area contributed by atoms with E-state index in [4.69, 9.17) is 4.74 Å². The number of hydrogen-bond acceptors (Lipinski definition) is 4. The molecule has 7 heteroatoms. The standard InChI is InChI=1S/C16H19BrN2O4/c17-13-5-3-12(4-6-13)16(22)18-8-7-14(20)19-9-15(21)23-10-11-1-2-11/h3-6,11H,1-2,7-10H2,(H,18,22)(H,19,20). The van der Waals surface area contributed by atoms with E-state index in [9.17, 15) is 14.4 Å². The molecule has 0 bridgehead atoms. The van der Waals surface area contributed by atoms with E-state index in [0.29, 0.717) is 18.1 Å². The molecule has 2 N–H and O–H groups in total. The summed E-state index contributed by atoms with van der Waals surface area (Å²) >= 11 is 3.30. The third kappa shape index (κ3) is 6.81. The molecule has 1 aromatic rings. The molecule has 2 rings (SSSR count). The molecule has 0 aromatic heterocycles. The van der Waals surface area contributed by atoms with Crippen molar-refractivity contribution < 1.29 is 19.1 Å². The van der Waals surface area contributed by atoms with Crippen LogP contribution < -0.4 is 10.6 Å². The summed E-state index contributed by atoms with van der Waals surface area (Å²) in [5, 5.41) is 5.13. The van der Waals surface area contributed by atoms with Crippen LogP contribution in [-0.2, 0) is 14.3 Å². The summed E-state index contributed by atoms with van der Waals surface area (Å²) in [6.07, 6.45) is 2.33. The fourth-order valence-corrected chi connectivity index (χ4v) is 2.06. The van der Waals surface area contributed by atoms with E-state index in [1.54, 1.807) is 24.3 Å². The van der Waals surface area contributed by atoms with Gasteiger partial charge in [-0.25, -0.2) is 0 Å². The molecule has 1 saturated carbocycles. The van der Waals surface area contributed by atoms with Gasteiger partial charge in [0.2, 0.25) is 5.91 Å². The summed E-state index contributed by atoms with van der Waals surface area (Å²) in [5.41, 5.74) is 0.525. The Kier molecular flexibility index (Phi) is 6.58. The normalized spacial score (nSPS) is 13.3. The Morgan fingerprint density at radius 3 is 2.48 bits per heavy atom. The predicted octanol–water partition coefficient (Wildman–Crippen LogP) is 1.64. The number of nitrogens with one attached hydrogen (secondary N) is 2. The highest BCUT2D eigenvalue weighted by atomic mass is 79.9. The van der Waals surface area contributed by atoms with E-state index >= 15 is 0 Å². The van der Waals surface area contributed by atoms with E-state index in [1.807, 2.05) is 0 Å². The third-order valence-electron chi connectivity index (χ3n) is 3.35. The molecule has 1 fully saturated rings. The zero-order chi connectivity index (χ0) is 16.7. The molecule has 0 atom stereocenters. The molecule has 2 amide bonds. The van der Waals surface area contributed by atoms with Crippen molar-refractivity contribution in [3.05, 3.63) is 34.3 Å². The van der Waals surface area contributed by atoms with Gasteiger partial charge in [-0.1, -0.05) is 15.9 Å². The summed E-state index contributed by atoms with van der Waals surface area (Å²) < 4.78 is 5.89. The van der Waals surface area contributed by atoms with Gasteiger partial charge in [-0.3, -0.25) is 14.4 Å². The van der Waals surface area contributed by atoms with Crippen molar-refractivity contribution in [2.24, 2.45) is 5.92 Å². The van der Waals surface area contributed by atoms with Gasteiger partial charge in [-0.2, -0.15) is 0 Å². The van der Waals surface area contributed by atoms with Crippen molar-refractivity contribution >= 4 is 33.7 Å². The second-order valence-corrected chi connectivity index (χ2v) is 6.33. The maximum Gasteiger partial charge on any atom is 0.325 e. The fourth-order valence-electron chi connectivity index (χ4n) is 1.80. The molecule has 23 heavy (non-hydrogen) atoms. The first-order chi connectivity index (χ1) is 11.0.